The smallest absolute Gasteiger partial charge is 0.251 e. The largest absolute Gasteiger partial charge is 0.352 e. The highest BCUT2D eigenvalue weighted by Crippen LogP contribution is 2.23. The van der Waals surface area contributed by atoms with Gasteiger partial charge in [0.25, 0.3) is 5.91 Å². The van der Waals surface area contributed by atoms with Crippen LogP contribution in [0.25, 0.3) is 0 Å². The SMILES string of the molecule is CC1CCCC(NC(=O)C(NC(=O)c2ccc(Cl)cc2)C(C)C)C1. The van der Waals surface area contributed by atoms with E-state index < -0.39 is 6.04 Å². The molecule has 0 aliphatic heterocycles. The van der Waals surface area contributed by atoms with Crippen LogP contribution in [0.1, 0.15) is 56.8 Å². The molecule has 3 atom stereocenters. The summed E-state index contributed by atoms with van der Waals surface area (Å²) in [4.78, 5) is 25.0. The molecule has 0 aromatic heterocycles. The molecule has 1 fully saturated rings. The molecule has 2 N–H and O–H groups in total. The summed E-state index contributed by atoms with van der Waals surface area (Å²) in [5.41, 5.74) is 0.504. The van der Waals surface area contributed by atoms with Crippen LogP contribution in [0.15, 0.2) is 24.3 Å². The molecule has 1 aliphatic carbocycles. The Balaban J connectivity index is 1.98. The molecule has 0 bridgehead atoms. The first-order chi connectivity index (χ1) is 11.4. The summed E-state index contributed by atoms with van der Waals surface area (Å²) in [6.45, 7) is 6.10. The molecule has 2 rings (SSSR count). The summed E-state index contributed by atoms with van der Waals surface area (Å²) in [5, 5.41) is 6.56. The standard InChI is InChI=1S/C19H27ClN2O2/c1-12(2)17(19(24)21-16-6-4-5-13(3)11-16)22-18(23)14-7-9-15(20)10-8-14/h7-10,12-13,16-17H,4-6,11H2,1-3H3,(H,21,24)(H,22,23). The predicted molar refractivity (Wildman–Crippen MR) is 97.1 cm³/mol. The molecule has 2 amide bonds. The minimum Gasteiger partial charge on any atom is -0.352 e. The molecular formula is C19H27ClN2O2. The second-order valence-corrected chi connectivity index (χ2v) is 7.62. The molecule has 1 saturated carbocycles. The van der Waals surface area contributed by atoms with E-state index in [-0.39, 0.29) is 23.8 Å². The quantitative estimate of drug-likeness (QED) is 0.848. The van der Waals surface area contributed by atoms with E-state index in [1.807, 2.05) is 13.8 Å². The van der Waals surface area contributed by atoms with Crippen LogP contribution >= 0.6 is 11.6 Å². The van der Waals surface area contributed by atoms with Gasteiger partial charge in [0.15, 0.2) is 0 Å². The lowest BCUT2D eigenvalue weighted by atomic mass is 9.87. The molecule has 0 spiro atoms. The molecule has 1 aromatic carbocycles. The van der Waals surface area contributed by atoms with E-state index in [0.29, 0.717) is 16.5 Å². The van der Waals surface area contributed by atoms with Gasteiger partial charge < -0.3 is 10.6 Å². The van der Waals surface area contributed by atoms with Gasteiger partial charge in [-0.2, -0.15) is 0 Å². The number of rotatable bonds is 5. The highest BCUT2D eigenvalue weighted by molar-refractivity contribution is 6.30. The molecule has 1 aromatic rings. The molecule has 1 aliphatic rings. The van der Waals surface area contributed by atoms with Crippen LogP contribution in [0, 0.1) is 11.8 Å². The van der Waals surface area contributed by atoms with E-state index in [4.69, 9.17) is 11.6 Å². The van der Waals surface area contributed by atoms with E-state index in [1.165, 1.54) is 6.42 Å². The van der Waals surface area contributed by atoms with Crippen LogP contribution in [0.5, 0.6) is 0 Å². The fraction of sp³-hybridized carbons (Fsp3) is 0.579. The van der Waals surface area contributed by atoms with Gasteiger partial charge in [-0.25, -0.2) is 0 Å². The number of carbonyl (C=O) groups is 2. The normalized spacial score (nSPS) is 22.0. The van der Waals surface area contributed by atoms with Crippen LogP contribution in [0.3, 0.4) is 0 Å². The lowest BCUT2D eigenvalue weighted by Crippen LogP contribution is -2.52. The fourth-order valence-corrected chi connectivity index (χ4v) is 3.34. The number of hydrogen-bond donors (Lipinski definition) is 2. The first-order valence-corrected chi connectivity index (χ1v) is 9.11. The monoisotopic (exact) mass is 350 g/mol. The van der Waals surface area contributed by atoms with Crippen LogP contribution in [0.2, 0.25) is 5.02 Å². The van der Waals surface area contributed by atoms with Crippen LogP contribution < -0.4 is 10.6 Å². The number of amides is 2. The Labute approximate surface area is 149 Å². The molecule has 3 unspecified atom stereocenters. The zero-order chi connectivity index (χ0) is 17.7. The highest BCUT2D eigenvalue weighted by Gasteiger charge is 2.28. The number of benzene rings is 1. The zero-order valence-electron chi connectivity index (χ0n) is 14.6. The van der Waals surface area contributed by atoms with Crippen molar-refractivity contribution in [3.05, 3.63) is 34.9 Å². The van der Waals surface area contributed by atoms with Gasteiger partial charge in [0, 0.05) is 16.6 Å². The number of nitrogens with one attached hydrogen (secondary N) is 2. The summed E-state index contributed by atoms with van der Waals surface area (Å²) in [6, 6.07) is 6.35. The average molecular weight is 351 g/mol. The summed E-state index contributed by atoms with van der Waals surface area (Å²) >= 11 is 5.85. The van der Waals surface area contributed by atoms with Crippen molar-refractivity contribution in [3.63, 3.8) is 0 Å². The van der Waals surface area contributed by atoms with Gasteiger partial charge in [-0.05, 0) is 48.9 Å². The van der Waals surface area contributed by atoms with Crippen molar-refractivity contribution in [2.45, 2.75) is 58.5 Å². The van der Waals surface area contributed by atoms with Gasteiger partial charge in [0.1, 0.15) is 6.04 Å². The first kappa shape index (κ1) is 18.8. The number of hydrogen-bond acceptors (Lipinski definition) is 2. The second kappa shape index (κ2) is 8.52. The van der Waals surface area contributed by atoms with E-state index in [2.05, 4.69) is 17.6 Å². The van der Waals surface area contributed by atoms with Gasteiger partial charge in [-0.1, -0.05) is 45.2 Å². The maximum absolute atomic E-state index is 12.6. The Morgan fingerprint density at radius 2 is 1.83 bits per heavy atom. The van der Waals surface area contributed by atoms with Crippen molar-refractivity contribution in [1.29, 1.82) is 0 Å². The molecule has 0 saturated heterocycles. The Morgan fingerprint density at radius 1 is 1.17 bits per heavy atom. The molecule has 0 heterocycles. The van der Waals surface area contributed by atoms with Gasteiger partial charge in [-0.15, -0.1) is 0 Å². The summed E-state index contributed by atoms with van der Waals surface area (Å²) < 4.78 is 0. The van der Waals surface area contributed by atoms with E-state index in [9.17, 15) is 9.59 Å². The fourth-order valence-electron chi connectivity index (χ4n) is 3.22. The molecule has 4 nitrogen and oxygen atoms in total. The minimum atomic E-state index is -0.537. The number of carbonyl (C=O) groups excluding carboxylic acids is 2. The van der Waals surface area contributed by atoms with Crippen LogP contribution in [0.4, 0.5) is 0 Å². The summed E-state index contributed by atoms with van der Waals surface area (Å²) in [5.74, 6) is 0.316. The number of halogens is 1. The third-order valence-corrected chi connectivity index (χ3v) is 4.88. The molecular weight excluding hydrogens is 324 g/mol. The zero-order valence-corrected chi connectivity index (χ0v) is 15.4. The average Bonchev–Trinajstić information content (AvgIpc) is 2.52. The first-order valence-electron chi connectivity index (χ1n) is 8.73. The van der Waals surface area contributed by atoms with E-state index in [0.717, 1.165) is 19.3 Å². The lowest BCUT2D eigenvalue weighted by Gasteiger charge is -2.30. The summed E-state index contributed by atoms with van der Waals surface area (Å²) in [7, 11) is 0. The Hall–Kier alpha value is -1.55. The molecule has 132 valence electrons. The Bertz CT molecular complexity index is 571. The van der Waals surface area contributed by atoms with Crippen molar-refractivity contribution in [1.82, 2.24) is 10.6 Å². The maximum Gasteiger partial charge on any atom is 0.251 e. The molecule has 24 heavy (non-hydrogen) atoms. The van der Waals surface area contributed by atoms with Crippen molar-refractivity contribution >= 4 is 23.4 Å². The minimum absolute atomic E-state index is 0.0160. The van der Waals surface area contributed by atoms with Gasteiger partial charge in [-0.3, -0.25) is 9.59 Å². The second-order valence-electron chi connectivity index (χ2n) is 7.18. The lowest BCUT2D eigenvalue weighted by molar-refractivity contribution is -0.125. The van der Waals surface area contributed by atoms with Crippen molar-refractivity contribution in [2.24, 2.45) is 11.8 Å². The predicted octanol–water partition coefficient (Wildman–Crippen LogP) is 3.79. The van der Waals surface area contributed by atoms with Crippen LogP contribution in [-0.4, -0.2) is 23.9 Å². The van der Waals surface area contributed by atoms with E-state index in [1.54, 1.807) is 24.3 Å². The van der Waals surface area contributed by atoms with Gasteiger partial charge in [0.05, 0.1) is 0 Å². The van der Waals surface area contributed by atoms with Crippen molar-refractivity contribution in [3.8, 4) is 0 Å². The topological polar surface area (TPSA) is 58.2 Å². The molecule has 5 heteroatoms. The van der Waals surface area contributed by atoms with Crippen LogP contribution in [-0.2, 0) is 4.79 Å². The third kappa shape index (κ3) is 5.23. The molecule has 0 radical (unpaired) electrons. The van der Waals surface area contributed by atoms with E-state index >= 15 is 0 Å². The third-order valence-electron chi connectivity index (χ3n) is 4.62. The van der Waals surface area contributed by atoms with Gasteiger partial charge >= 0.3 is 0 Å². The maximum atomic E-state index is 12.6. The van der Waals surface area contributed by atoms with Crippen molar-refractivity contribution < 1.29 is 9.59 Å². The van der Waals surface area contributed by atoms with Crippen molar-refractivity contribution in [2.75, 3.05) is 0 Å². The Morgan fingerprint density at radius 3 is 2.42 bits per heavy atom. The van der Waals surface area contributed by atoms with Gasteiger partial charge in [0.2, 0.25) is 5.91 Å². The highest BCUT2D eigenvalue weighted by atomic mass is 35.5. The Kier molecular flexibility index (Phi) is 6.67. The summed E-state index contributed by atoms with van der Waals surface area (Å²) in [6.07, 6.45) is 4.41.